The van der Waals surface area contributed by atoms with Gasteiger partial charge < -0.3 is 24.6 Å². The Morgan fingerprint density at radius 2 is 1.87 bits per heavy atom. The van der Waals surface area contributed by atoms with Gasteiger partial charge in [-0.3, -0.25) is 9.69 Å². The number of pyridine rings is 1. The van der Waals surface area contributed by atoms with Gasteiger partial charge in [-0.25, -0.2) is 9.78 Å². The molecule has 4 rings (SSSR count). The number of hydrogen-bond acceptors (Lipinski definition) is 7. The summed E-state index contributed by atoms with van der Waals surface area (Å²) in [6.45, 7) is 5.27. The van der Waals surface area contributed by atoms with E-state index in [0.29, 0.717) is 25.2 Å². The number of carboxylic acids is 1. The number of aliphatic hydroxyl groups excluding tert-OH is 1. The van der Waals surface area contributed by atoms with Crippen molar-refractivity contribution in [3.8, 4) is 22.8 Å². The molecule has 1 aliphatic heterocycles. The predicted octanol–water partition coefficient (Wildman–Crippen LogP) is 3.81. The first-order valence-corrected chi connectivity index (χ1v) is 12.9. The molecule has 1 amide bonds. The van der Waals surface area contributed by atoms with Crippen LogP contribution in [0.25, 0.3) is 11.1 Å². The van der Waals surface area contributed by atoms with Gasteiger partial charge in [-0.2, -0.15) is 0 Å². The number of ether oxygens (including phenoxy) is 2. The number of carboxylic acid groups (broad SMARTS) is 1. The highest BCUT2D eigenvalue weighted by Gasteiger charge is 2.34. The minimum absolute atomic E-state index is 0.0454. The van der Waals surface area contributed by atoms with Crippen molar-refractivity contribution in [2.24, 2.45) is 5.92 Å². The number of likely N-dealkylation sites (N-methyl/N-ethyl adjacent to an activating group) is 1. The fourth-order valence-electron chi connectivity index (χ4n) is 4.70. The van der Waals surface area contributed by atoms with Crippen molar-refractivity contribution >= 4 is 11.9 Å². The normalized spacial score (nSPS) is 18.1. The van der Waals surface area contributed by atoms with Gasteiger partial charge in [0.15, 0.2) is 0 Å². The molecule has 0 bridgehead atoms. The molecule has 3 atom stereocenters. The van der Waals surface area contributed by atoms with Crippen LogP contribution in [0.5, 0.6) is 11.6 Å². The molecule has 2 N–H and O–H groups in total. The smallest absolute Gasteiger partial charge is 0.335 e. The SMILES string of the molecule is COc1ccc(-c2cnc3c(c2)C(=O)N([C@@H](C)CO)C[C@H](C)[C@H](CN(C)Cc2ccc(C(=O)O)cc2)O3)cc1. The predicted molar refractivity (Wildman–Crippen MR) is 147 cm³/mol. The number of carbonyl (C=O) groups is 2. The lowest BCUT2D eigenvalue weighted by Crippen LogP contribution is -2.49. The van der Waals surface area contributed by atoms with Gasteiger partial charge in [0.1, 0.15) is 17.4 Å². The van der Waals surface area contributed by atoms with Crippen molar-refractivity contribution in [2.75, 3.05) is 33.9 Å². The van der Waals surface area contributed by atoms with Crippen LogP contribution < -0.4 is 9.47 Å². The van der Waals surface area contributed by atoms with Gasteiger partial charge in [-0.15, -0.1) is 0 Å². The molecule has 0 saturated carbocycles. The Balaban J connectivity index is 1.61. The molecule has 0 spiro atoms. The van der Waals surface area contributed by atoms with Crippen molar-refractivity contribution < 1.29 is 29.3 Å². The number of carbonyl (C=O) groups excluding carboxylic acids is 1. The molecule has 9 heteroatoms. The van der Waals surface area contributed by atoms with Crippen LogP contribution >= 0.6 is 0 Å². The number of methoxy groups -OCH3 is 1. The fraction of sp³-hybridized carbons (Fsp3) is 0.367. The highest BCUT2D eigenvalue weighted by Crippen LogP contribution is 2.31. The maximum Gasteiger partial charge on any atom is 0.335 e. The maximum absolute atomic E-state index is 13.7. The number of aromatic carboxylic acids is 1. The van der Waals surface area contributed by atoms with Gasteiger partial charge in [0.25, 0.3) is 5.91 Å². The summed E-state index contributed by atoms with van der Waals surface area (Å²) in [4.78, 5) is 33.2. The van der Waals surface area contributed by atoms with Crippen LogP contribution in [-0.4, -0.2) is 82.9 Å². The van der Waals surface area contributed by atoms with E-state index in [9.17, 15) is 14.7 Å². The zero-order chi connectivity index (χ0) is 28.1. The molecule has 2 aromatic carbocycles. The van der Waals surface area contributed by atoms with Crippen LogP contribution in [0.4, 0.5) is 0 Å². The molecule has 0 radical (unpaired) electrons. The van der Waals surface area contributed by atoms with E-state index in [1.165, 1.54) is 0 Å². The molecule has 0 saturated heterocycles. The Morgan fingerprint density at radius 3 is 2.49 bits per heavy atom. The van der Waals surface area contributed by atoms with E-state index in [0.717, 1.165) is 22.4 Å². The number of amides is 1. The molecule has 0 unspecified atom stereocenters. The zero-order valence-corrected chi connectivity index (χ0v) is 22.7. The largest absolute Gasteiger partial charge is 0.497 e. The molecular formula is C30H35N3O6. The summed E-state index contributed by atoms with van der Waals surface area (Å²) in [6.07, 6.45) is 1.41. The molecule has 1 aliphatic rings. The Morgan fingerprint density at radius 1 is 1.18 bits per heavy atom. The van der Waals surface area contributed by atoms with Crippen molar-refractivity contribution in [3.63, 3.8) is 0 Å². The number of rotatable bonds is 9. The fourth-order valence-corrected chi connectivity index (χ4v) is 4.70. The van der Waals surface area contributed by atoms with Crippen molar-refractivity contribution in [3.05, 3.63) is 77.5 Å². The van der Waals surface area contributed by atoms with E-state index >= 15 is 0 Å². The first kappa shape index (κ1) is 28.1. The third kappa shape index (κ3) is 6.55. The second-order valence-corrected chi connectivity index (χ2v) is 10.1. The third-order valence-electron chi connectivity index (χ3n) is 7.09. The summed E-state index contributed by atoms with van der Waals surface area (Å²) in [5.41, 5.74) is 3.25. The highest BCUT2D eigenvalue weighted by molar-refractivity contribution is 5.98. The minimum atomic E-state index is -0.954. The van der Waals surface area contributed by atoms with Gasteiger partial charge in [0.05, 0.1) is 25.3 Å². The van der Waals surface area contributed by atoms with E-state index in [1.807, 2.05) is 57.3 Å². The Labute approximate surface area is 228 Å². The van der Waals surface area contributed by atoms with E-state index in [4.69, 9.17) is 14.6 Å². The number of nitrogens with zero attached hydrogens (tertiary/aromatic N) is 3. The summed E-state index contributed by atoms with van der Waals surface area (Å²) in [7, 11) is 3.58. The van der Waals surface area contributed by atoms with Crippen LogP contribution in [0.1, 0.15) is 40.1 Å². The summed E-state index contributed by atoms with van der Waals surface area (Å²) in [5, 5.41) is 19.1. The number of aliphatic hydroxyl groups is 1. The number of fused-ring (bicyclic) bond motifs is 1. The van der Waals surface area contributed by atoms with Crippen molar-refractivity contribution in [1.29, 1.82) is 0 Å². The van der Waals surface area contributed by atoms with Gasteiger partial charge in [-0.1, -0.05) is 31.2 Å². The van der Waals surface area contributed by atoms with Crippen LogP contribution in [-0.2, 0) is 6.54 Å². The lowest BCUT2D eigenvalue weighted by molar-refractivity contribution is 0.0325. The summed E-state index contributed by atoms with van der Waals surface area (Å²) in [5.74, 6) is -0.228. The molecule has 3 aromatic rings. The molecule has 206 valence electrons. The summed E-state index contributed by atoms with van der Waals surface area (Å²) in [6, 6.07) is 15.8. The Bertz CT molecular complexity index is 1300. The van der Waals surface area contributed by atoms with Crippen molar-refractivity contribution in [2.45, 2.75) is 32.5 Å². The standard InChI is InChI=1S/C30H35N3O6/c1-19-15-33(20(2)18-34)29(35)26-13-24(22-9-11-25(38-4)12-10-22)14-31-28(26)39-27(19)17-32(3)16-21-5-7-23(8-6-21)30(36)37/h5-14,19-20,27,34H,15-18H2,1-4H3,(H,36,37)/t19-,20-,27-/m0/s1. The zero-order valence-electron chi connectivity index (χ0n) is 22.7. The highest BCUT2D eigenvalue weighted by atomic mass is 16.5. The molecule has 2 heterocycles. The van der Waals surface area contributed by atoms with Gasteiger partial charge in [-0.05, 0) is 55.4 Å². The van der Waals surface area contributed by atoms with E-state index in [-0.39, 0.29) is 42.0 Å². The summed E-state index contributed by atoms with van der Waals surface area (Å²) >= 11 is 0. The average Bonchev–Trinajstić information content (AvgIpc) is 2.94. The molecular weight excluding hydrogens is 498 g/mol. The van der Waals surface area contributed by atoms with Crippen LogP contribution in [0, 0.1) is 5.92 Å². The van der Waals surface area contributed by atoms with Crippen LogP contribution in [0.15, 0.2) is 60.8 Å². The van der Waals surface area contributed by atoms with E-state index in [2.05, 4.69) is 9.88 Å². The maximum atomic E-state index is 13.7. The van der Waals surface area contributed by atoms with E-state index in [1.54, 1.807) is 36.4 Å². The second-order valence-electron chi connectivity index (χ2n) is 10.1. The van der Waals surface area contributed by atoms with Crippen LogP contribution in [0.3, 0.4) is 0 Å². The lowest BCUT2D eigenvalue weighted by Gasteiger charge is -2.37. The first-order valence-electron chi connectivity index (χ1n) is 12.9. The monoisotopic (exact) mass is 533 g/mol. The van der Waals surface area contributed by atoms with Crippen molar-refractivity contribution in [1.82, 2.24) is 14.8 Å². The van der Waals surface area contributed by atoms with E-state index < -0.39 is 5.97 Å². The number of hydrogen-bond donors (Lipinski definition) is 2. The molecule has 39 heavy (non-hydrogen) atoms. The molecule has 1 aromatic heterocycles. The molecule has 0 aliphatic carbocycles. The molecule has 9 nitrogen and oxygen atoms in total. The second kappa shape index (κ2) is 12.3. The van der Waals surface area contributed by atoms with Gasteiger partial charge in [0, 0.05) is 37.3 Å². The number of aromatic nitrogens is 1. The first-order chi connectivity index (χ1) is 18.7. The average molecular weight is 534 g/mol. The van der Waals surface area contributed by atoms with Gasteiger partial charge in [0.2, 0.25) is 5.88 Å². The third-order valence-corrected chi connectivity index (χ3v) is 7.09. The van der Waals surface area contributed by atoms with Gasteiger partial charge >= 0.3 is 5.97 Å². The topological polar surface area (TPSA) is 112 Å². The number of benzene rings is 2. The lowest BCUT2D eigenvalue weighted by atomic mass is 9.99. The Kier molecular flexibility index (Phi) is 8.83. The minimum Gasteiger partial charge on any atom is -0.497 e. The van der Waals surface area contributed by atoms with Crippen LogP contribution in [0.2, 0.25) is 0 Å². The Hall–Kier alpha value is -3.95. The quantitative estimate of drug-likeness (QED) is 0.427. The molecule has 0 fully saturated rings. The summed E-state index contributed by atoms with van der Waals surface area (Å²) < 4.78 is 11.7.